The van der Waals surface area contributed by atoms with Gasteiger partial charge in [0.25, 0.3) is 0 Å². The van der Waals surface area contributed by atoms with Crippen molar-refractivity contribution >= 4 is 31.9 Å². The number of hydrogen-bond acceptors (Lipinski definition) is 5. The van der Waals surface area contributed by atoms with Crippen molar-refractivity contribution in [2.75, 3.05) is 13.6 Å². The summed E-state index contributed by atoms with van der Waals surface area (Å²) < 4.78 is 29.6. The van der Waals surface area contributed by atoms with Crippen molar-refractivity contribution < 1.29 is 22.7 Å². The molecule has 18 heavy (non-hydrogen) atoms. The highest BCUT2D eigenvalue weighted by molar-refractivity contribution is 9.10. The molecule has 0 fully saturated rings. The number of hydrogen-bond donors (Lipinski definition) is 1. The van der Waals surface area contributed by atoms with E-state index in [9.17, 15) is 13.2 Å². The predicted molar refractivity (Wildman–Crippen MR) is 63.4 cm³/mol. The minimum Gasteiger partial charge on any atom is -0.475 e. The number of halogens is 1. The Hall–Kier alpha value is -1.37. The summed E-state index contributed by atoms with van der Waals surface area (Å²) in [6.45, 7) is 0.0128. The van der Waals surface area contributed by atoms with E-state index < -0.39 is 21.8 Å². The zero-order valence-corrected chi connectivity index (χ0v) is 11.7. The van der Waals surface area contributed by atoms with E-state index in [2.05, 4.69) is 15.9 Å². The van der Waals surface area contributed by atoms with Gasteiger partial charge in [-0.1, -0.05) is 0 Å². The first-order valence-electron chi connectivity index (χ1n) is 4.66. The van der Waals surface area contributed by atoms with Crippen LogP contribution in [-0.2, 0) is 10.0 Å². The first-order chi connectivity index (χ1) is 8.30. The molecule has 1 N–H and O–H groups in total. The summed E-state index contributed by atoms with van der Waals surface area (Å²) in [5.41, 5.74) is 0. The summed E-state index contributed by atoms with van der Waals surface area (Å²) in [7, 11) is -2.58. The van der Waals surface area contributed by atoms with Crippen LogP contribution in [0.25, 0.3) is 0 Å². The molecule has 0 radical (unpaired) electrons. The Kier molecular flexibility index (Phi) is 4.50. The van der Waals surface area contributed by atoms with Gasteiger partial charge in [0, 0.05) is 26.1 Å². The maximum absolute atomic E-state index is 12.0. The molecule has 0 atom stereocenters. The van der Waals surface area contributed by atoms with Crippen LogP contribution in [0.15, 0.2) is 20.0 Å². The van der Waals surface area contributed by atoms with Crippen molar-refractivity contribution in [2.45, 2.75) is 11.3 Å². The van der Waals surface area contributed by atoms with Crippen LogP contribution in [-0.4, -0.2) is 37.4 Å². The van der Waals surface area contributed by atoms with Crippen LogP contribution in [0.4, 0.5) is 0 Å². The number of carboxylic acids is 1. The van der Waals surface area contributed by atoms with E-state index in [4.69, 9.17) is 14.8 Å². The highest BCUT2D eigenvalue weighted by atomic mass is 79.9. The molecule has 9 heteroatoms. The van der Waals surface area contributed by atoms with Crippen LogP contribution >= 0.6 is 15.9 Å². The van der Waals surface area contributed by atoms with Crippen molar-refractivity contribution in [1.82, 2.24) is 4.31 Å². The third kappa shape index (κ3) is 2.90. The third-order valence-corrected chi connectivity index (χ3v) is 4.81. The predicted octanol–water partition coefficient (Wildman–Crippen LogP) is 1.27. The number of aromatic carboxylic acids is 1. The number of nitriles is 1. The van der Waals surface area contributed by atoms with Gasteiger partial charge in [0.2, 0.25) is 15.8 Å². The number of nitrogens with zero attached hydrogens (tertiary/aromatic N) is 2. The molecule has 0 spiro atoms. The molecule has 0 saturated heterocycles. The highest BCUT2D eigenvalue weighted by Crippen LogP contribution is 2.28. The lowest BCUT2D eigenvalue weighted by molar-refractivity contribution is 0.0661. The minimum absolute atomic E-state index is 0.0128. The van der Waals surface area contributed by atoms with Crippen molar-refractivity contribution in [2.24, 2.45) is 0 Å². The molecular weight excluding hydrogens is 328 g/mol. The Morgan fingerprint density at radius 1 is 1.67 bits per heavy atom. The summed E-state index contributed by atoms with van der Waals surface area (Å²) in [4.78, 5) is 10.4. The zero-order chi connectivity index (χ0) is 13.9. The zero-order valence-electron chi connectivity index (χ0n) is 9.25. The summed E-state index contributed by atoms with van der Waals surface area (Å²) in [5.74, 6) is -1.84. The highest BCUT2D eigenvalue weighted by Gasteiger charge is 2.28. The smallest absolute Gasteiger partial charge is 0.371 e. The molecule has 0 saturated carbocycles. The second-order valence-electron chi connectivity index (χ2n) is 3.29. The fraction of sp³-hybridized carbons (Fsp3) is 0.333. The fourth-order valence-electron chi connectivity index (χ4n) is 1.13. The van der Waals surface area contributed by atoms with Gasteiger partial charge in [0.05, 0.1) is 6.07 Å². The average molecular weight is 337 g/mol. The van der Waals surface area contributed by atoms with Crippen LogP contribution in [0.3, 0.4) is 0 Å². The lowest BCUT2D eigenvalue weighted by Gasteiger charge is -2.14. The molecule has 0 aliphatic carbocycles. The maximum Gasteiger partial charge on any atom is 0.371 e. The van der Waals surface area contributed by atoms with Gasteiger partial charge >= 0.3 is 5.97 Å². The SMILES string of the molecule is CN(CCC#N)S(=O)(=O)c1cc(C(=O)O)oc1Br. The molecule has 1 aromatic heterocycles. The second-order valence-corrected chi connectivity index (χ2v) is 6.02. The molecule has 0 aliphatic heterocycles. The molecule has 0 amide bonds. The number of sulfonamides is 1. The van der Waals surface area contributed by atoms with Crippen LogP contribution in [0, 0.1) is 11.3 Å². The second kappa shape index (κ2) is 5.51. The number of rotatable bonds is 5. The summed E-state index contributed by atoms with van der Waals surface area (Å²) in [5, 5.41) is 17.1. The van der Waals surface area contributed by atoms with Crippen LogP contribution in [0.5, 0.6) is 0 Å². The fourth-order valence-corrected chi connectivity index (χ4v) is 3.20. The Labute approximate surface area is 112 Å². The quantitative estimate of drug-likeness (QED) is 0.866. The lowest BCUT2D eigenvalue weighted by Crippen LogP contribution is -2.27. The van der Waals surface area contributed by atoms with Gasteiger partial charge in [-0.2, -0.15) is 9.57 Å². The molecule has 1 rings (SSSR count). The van der Waals surface area contributed by atoms with E-state index in [1.807, 2.05) is 6.07 Å². The van der Waals surface area contributed by atoms with Gasteiger partial charge in [-0.15, -0.1) is 0 Å². The normalized spacial score (nSPS) is 11.4. The van der Waals surface area contributed by atoms with Gasteiger partial charge in [0.15, 0.2) is 4.67 Å². The van der Waals surface area contributed by atoms with Gasteiger partial charge in [0.1, 0.15) is 4.90 Å². The van der Waals surface area contributed by atoms with E-state index in [0.29, 0.717) is 0 Å². The Morgan fingerprint density at radius 2 is 2.28 bits per heavy atom. The Balaban J connectivity index is 3.13. The van der Waals surface area contributed by atoms with Gasteiger partial charge in [-0.25, -0.2) is 13.2 Å². The Bertz CT molecular complexity index is 601. The minimum atomic E-state index is -3.88. The number of carbonyl (C=O) groups is 1. The molecule has 1 heterocycles. The van der Waals surface area contributed by atoms with Crippen molar-refractivity contribution in [3.8, 4) is 6.07 Å². The van der Waals surface area contributed by atoms with E-state index in [1.165, 1.54) is 7.05 Å². The van der Waals surface area contributed by atoms with E-state index in [0.717, 1.165) is 10.4 Å². The van der Waals surface area contributed by atoms with Crippen molar-refractivity contribution in [3.05, 3.63) is 16.5 Å². The van der Waals surface area contributed by atoms with Crippen LogP contribution < -0.4 is 0 Å². The van der Waals surface area contributed by atoms with E-state index in [1.54, 1.807) is 0 Å². The largest absolute Gasteiger partial charge is 0.475 e. The maximum atomic E-state index is 12.0. The molecule has 98 valence electrons. The molecule has 0 bridgehead atoms. The number of carboxylic acid groups (broad SMARTS) is 1. The lowest BCUT2D eigenvalue weighted by atomic mass is 10.5. The molecule has 0 unspecified atom stereocenters. The summed E-state index contributed by atoms with van der Waals surface area (Å²) in [6, 6.07) is 2.75. The first kappa shape index (κ1) is 14.7. The van der Waals surface area contributed by atoms with Crippen molar-refractivity contribution in [1.29, 1.82) is 5.26 Å². The topological polar surface area (TPSA) is 112 Å². The number of furan rings is 1. The van der Waals surface area contributed by atoms with Gasteiger partial charge in [-0.3, -0.25) is 0 Å². The molecule has 1 aromatic rings. The summed E-state index contributed by atoms with van der Waals surface area (Å²) >= 11 is 2.86. The molecular formula is C9H9BrN2O5S. The Morgan fingerprint density at radius 3 is 2.72 bits per heavy atom. The monoisotopic (exact) mass is 336 g/mol. The first-order valence-corrected chi connectivity index (χ1v) is 6.90. The van der Waals surface area contributed by atoms with E-state index in [-0.39, 0.29) is 22.5 Å². The molecule has 0 aromatic carbocycles. The van der Waals surface area contributed by atoms with Gasteiger partial charge < -0.3 is 9.52 Å². The van der Waals surface area contributed by atoms with E-state index >= 15 is 0 Å². The van der Waals surface area contributed by atoms with Gasteiger partial charge in [-0.05, 0) is 15.9 Å². The average Bonchev–Trinajstić information content (AvgIpc) is 2.68. The van der Waals surface area contributed by atoms with Crippen LogP contribution in [0.1, 0.15) is 17.0 Å². The third-order valence-electron chi connectivity index (χ3n) is 2.09. The summed E-state index contributed by atoms with van der Waals surface area (Å²) in [6.07, 6.45) is 0.0387. The van der Waals surface area contributed by atoms with Crippen molar-refractivity contribution in [3.63, 3.8) is 0 Å². The standard InChI is InChI=1S/C9H9BrN2O5S/c1-12(4-2-3-11)18(15,16)7-5-6(9(13)14)17-8(7)10/h5H,2,4H2,1H3,(H,13,14). The molecule has 0 aliphatic rings. The van der Waals surface area contributed by atoms with Crippen LogP contribution in [0.2, 0.25) is 0 Å². The molecule has 7 nitrogen and oxygen atoms in total.